The highest BCUT2D eigenvalue weighted by Crippen LogP contribution is 2.24. The van der Waals surface area contributed by atoms with Crippen molar-refractivity contribution >= 4 is 23.7 Å². The number of hydrogen-bond acceptors (Lipinski definition) is 19. The van der Waals surface area contributed by atoms with Crippen LogP contribution in [0.15, 0.2) is 24.3 Å². The molecular weight excluding hydrogens is 1120 g/mol. The van der Waals surface area contributed by atoms with E-state index in [4.69, 9.17) is 31.2 Å². The van der Waals surface area contributed by atoms with E-state index in [0.29, 0.717) is 25.7 Å². The van der Waals surface area contributed by atoms with Crippen molar-refractivity contribution in [3.63, 3.8) is 0 Å². The number of carbonyl (C=O) groups excluding carboxylic acids is 3. The molecule has 0 bridgehead atoms. The number of allylic oxidation sites excluding steroid dienone is 2. The fraction of sp³-hybridized carbons (Fsp3) is 0.873. The Kier molecular flexibility index (Phi) is 55.0. The highest BCUT2D eigenvalue weighted by Gasteiger charge is 2.45. The maximum Gasteiger partial charge on any atom is 0.303 e. The number of carbonyl (C=O) groups is 4. The van der Waals surface area contributed by atoms with Gasteiger partial charge in [0.1, 0.15) is 48.8 Å². The van der Waals surface area contributed by atoms with Gasteiger partial charge in [0.2, 0.25) is 17.7 Å². The average molecular weight is 1240 g/mol. The molecule has 86 heavy (non-hydrogen) atoms. The Labute approximate surface area is 515 Å². The molecule has 3 rings (SSSR count). The predicted octanol–water partition coefficient (Wildman–Crippen LogP) is 6.11. The van der Waals surface area contributed by atoms with E-state index in [-0.39, 0.29) is 30.9 Å². The van der Waals surface area contributed by atoms with Crippen LogP contribution >= 0.6 is 0 Å². The number of amides is 3. The van der Waals surface area contributed by atoms with E-state index >= 15 is 0 Å². The lowest BCUT2D eigenvalue weighted by Gasteiger charge is -2.40. The van der Waals surface area contributed by atoms with E-state index in [0.717, 1.165) is 57.8 Å². The van der Waals surface area contributed by atoms with Crippen molar-refractivity contribution in [2.45, 2.75) is 319 Å². The minimum absolute atomic E-state index is 0.118. The van der Waals surface area contributed by atoms with Crippen molar-refractivity contribution in [1.82, 2.24) is 10.6 Å². The Morgan fingerprint density at radius 1 is 0.581 bits per heavy atom. The van der Waals surface area contributed by atoms with Crippen molar-refractivity contribution < 1.29 is 100 Å². The Morgan fingerprint density at radius 3 is 1.27 bits per heavy atom. The summed E-state index contributed by atoms with van der Waals surface area (Å²) in [7, 11) is -1.00. The number of rotatable bonds is 43. The Balaban J connectivity index is 0. The van der Waals surface area contributed by atoms with Crippen LogP contribution in [0.3, 0.4) is 0 Å². The summed E-state index contributed by atoms with van der Waals surface area (Å²) in [5, 5.41) is 112. The summed E-state index contributed by atoms with van der Waals surface area (Å²) in [6, 6.07) is -1.53. The summed E-state index contributed by atoms with van der Waals surface area (Å²) in [4.78, 5) is 42.3. The number of nitrogens with two attached hydrogens (primary N) is 1. The van der Waals surface area contributed by atoms with Crippen LogP contribution in [0.25, 0.3) is 0 Å². The zero-order chi connectivity index (χ0) is 65.6. The number of hydrogen-bond donors (Lipinski definition) is 14. The molecule has 0 aromatic carbocycles. The molecule has 3 aliphatic heterocycles. The summed E-state index contributed by atoms with van der Waals surface area (Å²) < 4.78 is 37.1. The van der Waals surface area contributed by atoms with E-state index in [1.807, 2.05) is 26.0 Å². The van der Waals surface area contributed by atoms with Gasteiger partial charge in [0.05, 0.1) is 59.2 Å². The SMILES string of the molecule is CCCCC(=O)O.CCCCCCCCCCCCC/C=C/[C@@H](O)[C@@H](N)COC1OC(CO)C(O)C(O)C1O.CCCCCCCCCCCCC/C=C/[C@@H](O)[C@H](COC1OC(CO)C(O)C(O)C1O)NC(=O)CCCC.O=C1CCC(=O)N1.[2H]CF. The van der Waals surface area contributed by atoms with Crippen molar-refractivity contribution in [1.29, 1.82) is 0 Å². The summed E-state index contributed by atoms with van der Waals surface area (Å²) in [6.07, 6.45) is 26.2. The second-order valence-corrected chi connectivity index (χ2v) is 22.5. The molecule has 3 heterocycles. The van der Waals surface area contributed by atoms with E-state index in [1.54, 1.807) is 12.2 Å². The number of alkyl halides is 1. The van der Waals surface area contributed by atoms with Crippen LogP contribution in [0.2, 0.25) is 0 Å². The second kappa shape index (κ2) is 57.1. The van der Waals surface area contributed by atoms with Crippen LogP contribution in [-0.4, -0.2) is 199 Å². The van der Waals surface area contributed by atoms with Gasteiger partial charge in [-0.15, -0.1) is 0 Å². The highest BCUT2D eigenvalue weighted by molar-refractivity contribution is 6.01. The van der Waals surface area contributed by atoms with Gasteiger partial charge in [0.15, 0.2) is 12.6 Å². The van der Waals surface area contributed by atoms with Gasteiger partial charge in [-0.3, -0.25) is 28.9 Å². The Morgan fingerprint density at radius 2 is 0.930 bits per heavy atom. The molecule has 508 valence electrons. The van der Waals surface area contributed by atoms with Gasteiger partial charge in [-0.25, -0.2) is 0 Å². The maximum absolute atomic E-state index is 12.3. The number of carboxylic acids is 1. The quantitative estimate of drug-likeness (QED) is 0.0186. The first-order chi connectivity index (χ1) is 41.7. The molecule has 22 nitrogen and oxygen atoms in total. The fourth-order valence-electron chi connectivity index (χ4n) is 9.19. The monoisotopic (exact) mass is 1240 g/mol. The minimum atomic E-state index is -1.56. The van der Waals surface area contributed by atoms with Gasteiger partial charge in [-0.05, 0) is 38.5 Å². The molecule has 0 saturated carbocycles. The largest absolute Gasteiger partial charge is 0.481 e. The van der Waals surface area contributed by atoms with Crippen LogP contribution in [0.4, 0.5) is 4.39 Å². The zero-order valence-corrected chi connectivity index (χ0v) is 52.7. The number of halogens is 1. The lowest BCUT2D eigenvalue weighted by molar-refractivity contribution is -0.302. The van der Waals surface area contributed by atoms with Crippen molar-refractivity contribution in [2.24, 2.45) is 5.73 Å². The third-order valence-electron chi connectivity index (χ3n) is 14.8. The molecular formula is C63H120FN3O19. The number of aliphatic carboxylic acids is 1. The van der Waals surface area contributed by atoms with Gasteiger partial charge in [-0.1, -0.05) is 193 Å². The maximum atomic E-state index is 12.3. The van der Waals surface area contributed by atoms with E-state index < -0.39 is 112 Å². The van der Waals surface area contributed by atoms with Gasteiger partial charge in [0.25, 0.3) is 0 Å². The first kappa shape index (κ1) is 82.9. The normalized spacial score (nSPS) is 24.3. The van der Waals surface area contributed by atoms with Crippen LogP contribution in [0.5, 0.6) is 0 Å². The molecule has 0 aliphatic carbocycles. The lowest BCUT2D eigenvalue weighted by atomic mass is 9.99. The Bertz CT molecular complexity index is 1700. The van der Waals surface area contributed by atoms with Gasteiger partial charge >= 0.3 is 5.97 Å². The first-order valence-electron chi connectivity index (χ1n) is 32.9. The number of ether oxygens (including phenoxy) is 4. The zero-order valence-electron chi connectivity index (χ0n) is 53.7. The second-order valence-electron chi connectivity index (χ2n) is 22.5. The van der Waals surface area contributed by atoms with Crippen molar-refractivity contribution in [3.05, 3.63) is 24.3 Å². The summed E-state index contributed by atoms with van der Waals surface area (Å²) >= 11 is 0. The third kappa shape index (κ3) is 42.8. The average Bonchev–Trinajstić information content (AvgIpc) is 3.74. The number of carboxylic acid groups (broad SMARTS) is 1. The summed E-state index contributed by atoms with van der Waals surface area (Å²) in [5.74, 6) is -1.20. The lowest BCUT2D eigenvalue weighted by Crippen LogP contribution is -2.60. The summed E-state index contributed by atoms with van der Waals surface area (Å²) in [6.45, 7) is 7.04. The molecule has 23 heteroatoms. The van der Waals surface area contributed by atoms with Crippen molar-refractivity contribution in [2.75, 3.05) is 33.6 Å². The molecule has 3 fully saturated rings. The predicted molar refractivity (Wildman–Crippen MR) is 328 cm³/mol. The molecule has 0 aromatic heterocycles. The molecule has 0 spiro atoms. The molecule has 0 aromatic rings. The van der Waals surface area contributed by atoms with Gasteiger partial charge in [0, 0.05) is 25.7 Å². The minimum Gasteiger partial charge on any atom is -0.481 e. The molecule has 3 saturated heterocycles. The van der Waals surface area contributed by atoms with Crippen LogP contribution < -0.4 is 16.4 Å². The number of nitrogens with one attached hydrogen (secondary N) is 2. The summed E-state index contributed by atoms with van der Waals surface area (Å²) in [5.41, 5.74) is 5.93. The van der Waals surface area contributed by atoms with Crippen molar-refractivity contribution in [3.8, 4) is 0 Å². The molecule has 10 unspecified atom stereocenters. The number of aliphatic hydroxyl groups excluding tert-OH is 10. The first-order valence-corrected chi connectivity index (χ1v) is 32.2. The standard InChI is InChI=1S/C29H55NO8.C24H47NO7.C5H10O2.C4H5NO2.CH3F/c1-3-5-7-8-9-10-11-12-13-14-15-16-17-18-23(32)22(30-25(33)19-6-4-2)21-37-29-28(36)27(35)26(34)24(20-31)38-29;1-2-3-4-5-6-7-8-9-10-11-12-13-14-15-19(27)18(25)17-31-24-23(30)22(29)21(28)20(16-26)32-24;1-2-3-4-5(6)7;6-3-1-2-4(7)5-3;1-2/h17-18,22-24,26-29,31-32,34-36H,3-16,19-21H2,1-2H3,(H,30,33);14-15,18-24,26-30H,2-13,16-17,25H2,1H3;2-4H2,1H3,(H,6,7);1-2H2,(H,5,6,7);1H3/b18-17+;15-14+;;;/t22-,23+,24?,26?,27?,28?,29?;18-,19+,20?,21?,22?,23?,24?;;;/m00.../s1/i;;;;1D. The van der Waals surface area contributed by atoms with Gasteiger partial charge in [-0.2, -0.15) is 0 Å². The molecule has 15 N–H and O–H groups in total. The third-order valence-corrected chi connectivity index (χ3v) is 14.8. The fourth-order valence-corrected chi connectivity index (χ4v) is 9.19. The topological polar surface area (TPSA) is 378 Å². The number of imide groups is 1. The molecule has 0 radical (unpaired) electrons. The smallest absolute Gasteiger partial charge is 0.303 e. The number of aliphatic hydroxyl groups is 10. The molecule has 3 aliphatic rings. The molecule has 14 atom stereocenters. The highest BCUT2D eigenvalue weighted by atomic mass is 19.1. The van der Waals surface area contributed by atoms with E-state index in [1.165, 1.54) is 122 Å². The van der Waals surface area contributed by atoms with E-state index in [9.17, 15) is 74.6 Å². The van der Waals surface area contributed by atoms with Crippen LogP contribution in [-0.2, 0) is 38.1 Å². The van der Waals surface area contributed by atoms with Crippen LogP contribution in [0.1, 0.15) is 235 Å². The number of unbranched alkanes of at least 4 members (excludes halogenated alkanes) is 24. The van der Waals surface area contributed by atoms with Gasteiger partial charge < -0.3 is 86.2 Å². The Hall–Kier alpha value is -3.11. The molecule has 3 amide bonds. The van der Waals surface area contributed by atoms with Crippen LogP contribution in [0, 0.1) is 0 Å². The van der Waals surface area contributed by atoms with E-state index in [2.05, 4.69) is 24.5 Å².